The van der Waals surface area contributed by atoms with Crippen molar-refractivity contribution >= 4 is 17.9 Å². The van der Waals surface area contributed by atoms with E-state index in [2.05, 4.69) is 17.2 Å². The Morgan fingerprint density at radius 3 is 2.56 bits per heavy atom. The Labute approximate surface area is 106 Å². The molecule has 0 fully saturated rings. The number of aliphatic carboxylic acids is 1. The van der Waals surface area contributed by atoms with Gasteiger partial charge in [-0.05, 0) is 6.54 Å². The number of urea groups is 1. The van der Waals surface area contributed by atoms with E-state index in [1.165, 1.54) is 6.08 Å². The first-order valence-corrected chi connectivity index (χ1v) is 5.62. The van der Waals surface area contributed by atoms with Crippen LogP contribution in [0.25, 0.3) is 0 Å². The number of rotatable bonds is 8. The first-order chi connectivity index (χ1) is 8.49. The third-order valence-corrected chi connectivity index (χ3v) is 2.12. The average molecular weight is 257 g/mol. The molecule has 0 aromatic carbocycles. The Hall–Kier alpha value is -1.89. The summed E-state index contributed by atoms with van der Waals surface area (Å²) < 4.78 is 0. The van der Waals surface area contributed by atoms with Gasteiger partial charge in [-0.25, -0.2) is 4.79 Å². The second-order valence-electron chi connectivity index (χ2n) is 3.56. The molecule has 0 spiro atoms. The molecule has 18 heavy (non-hydrogen) atoms. The van der Waals surface area contributed by atoms with E-state index < -0.39 is 17.9 Å². The summed E-state index contributed by atoms with van der Waals surface area (Å²) in [5, 5.41) is 13.1. The van der Waals surface area contributed by atoms with Gasteiger partial charge in [-0.1, -0.05) is 13.0 Å². The van der Waals surface area contributed by atoms with Gasteiger partial charge in [-0.3, -0.25) is 19.8 Å². The van der Waals surface area contributed by atoms with Crippen LogP contribution >= 0.6 is 0 Å². The monoisotopic (exact) mass is 257 g/mol. The molecular weight excluding hydrogens is 238 g/mol. The fourth-order valence-electron chi connectivity index (χ4n) is 1.18. The van der Waals surface area contributed by atoms with Gasteiger partial charge in [0.2, 0.25) is 5.91 Å². The van der Waals surface area contributed by atoms with Gasteiger partial charge in [0.05, 0.1) is 13.0 Å². The molecule has 7 nitrogen and oxygen atoms in total. The largest absolute Gasteiger partial charge is 0.481 e. The summed E-state index contributed by atoms with van der Waals surface area (Å²) in [4.78, 5) is 34.6. The number of nitrogens with zero attached hydrogens (tertiary/aromatic N) is 1. The quantitative estimate of drug-likeness (QED) is 0.523. The van der Waals surface area contributed by atoms with E-state index >= 15 is 0 Å². The summed E-state index contributed by atoms with van der Waals surface area (Å²) >= 11 is 0. The molecule has 0 aliphatic heterocycles. The van der Waals surface area contributed by atoms with Gasteiger partial charge in [-0.2, -0.15) is 0 Å². The lowest BCUT2D eigenvalue weighted by Crippen LogP contribution is -2.44. The SMILES string of the molecule is C=CCNC(=O)NC(=O)CN(CC)CCC(=O)O. The third kappa shape index (κ3) is 8.28. The van der Waals surface area contributed by atoms with E-state index in [4.69, 9.17) is 5.11 Å². The van der Waals surface area contributed by atoms with Crippen molar-refractivity contribution in [3.8, 4) is 0 Å². The summed E-state index contributed by atoms with van der Waals surface area (Å²) in [7, 11) is 0. The number of carboxylic acid groups (broad SMARTS) is 1. The number of carbonyl (C=O) groups excluding carboxylic acids is 2. The maximum atomic E-state index is 11.4. The van der Waals surface area contributed by atoms with Gasteiger partial charge < -0.3 is 10.4 Å². The van der Waals surface area contributed by atoms with Crippen LogP contribution < -0.4 is 10.6 Å². The maximum Gasteiger partial charge on any atom is 0.321 e. The highest BCUT2D eigenvalue weighted by atomic mass is 16.4. The van der Waals surface area contributed by atoms with Crippen molar-refractivity contribution in [3.05, 3.63) is 12.7 Å². The zero-order chi connectivity index (χ0) is 14.0. The van der Waals surface area contributed by atoms with Crippen LogP contribution in [0.2, 0.25) is 0 Å². The summed E-state index contributed by atoms with van der Waals surface area (Å²) in [5.74, 6) is -1.39. The smallest absolute Gasteiger partial charge is 0.321 e. The Kier molecular flexibility index (Phi) is 8.21. The first-order valence-electron chi connectivity index (χ1n) is 5.62. The van der Waals surface area contributed by atoms with E-state index in [0.717, 1.165) is 0 Å². The Balaban J connectivity index is 3.98. The molecule has 3 amide bonds. The normalized spacial score (nSPS) is 9.89. The van der Waals surface area contributed by atoms with Crippen molar-refractivity contribution in [2.24, 2.45) is 0 Å². The highest BCUT2D eigenvalue weighted by Crippen LogP contribution is 1.91. The molecule has 0 rings (SSSR count). The first kappa shape index (κ1) is 16.1. The molecule has 0 atom stereocenters. The standard InChI is InChI=1S/C11H19N3O4/c1-3-6-12-11(18)13-9(15)8-14(4-2)7-5-10(16)17/h3H,1,4-8H2,2H3,(H,16,17)(H2,12,13,15,18). The third-order valence-electron chi connectivity index (χ3n) is 2.12. The zero-order valence-corrected chi connectivity index (χ0v) is 10.4. The van der Waals surface area contributed by atoms with Gasteiger partial charge in [0, 0.05) is 13.1 Å². The minimum atomic E-state index is -0.919. The van der Waals surface area contributed by atoms with Crippen LogP contribution in [0.5, 0.6) is 0 Å². The van der Waals surface area contributed by atoms with Gasteiger partial charge in [-0.15, -0.1) is 6.58 Å². The minimum absolute atomic E-state index is 0.00864. The Bertz CT molecular complexity index is 317. The molecule has 0 aliphatic rings. The fourth-order valence-corrected chi connectivity index (χ4v) is 1.18. The van der Waals surface area contributed by atoms with E-state index in [1.807, 2.05) is 6.92 Å². The van der Waals surface area contributed by atoms with Crippen molar-refractivity contribution in [1.82, 2.24) is 15.5 Å². The number of nitrogens with one attached hydrogen (secondary N) is 2. The summed E-state index contributed by atoms with van der Waals surface area (Å²) in [6.45, 7) is 6.31. The van der Waals surface area contributed by atoms with Crippen LogP contribution in [0.4, 0.5) is 4.79 Å². The number of amides is 3. The van der Waals surface area contributed by atoms with E-state index in [1.54, 1.807) is 4.90 Å². The fraction of sp³-hybridized carbons (Fsp3) is 0.545. The Morgan fingerprint density at radius 2 is 2.06 bits per heavy atom. The number of likely N-dealkylation sites (N-methyl/N-ethyl adjacent to an activating group) is 1. The molecule has 0 saturated carbocycles. The molecule has 0 saturated heterocycles. The van der Waals surface area contributed by atoms with Crippen LogP contribution in [-0.2, 0) is 9.59 Å². The van der Waals surface area contributed by atoms with Crippen LogP contribution in [0, 0.1) is 0 Å². The number of imide groups is 1. The lowest BCUT2D eigenvalue weighted by atomic mass is 10.3. The van der Waals surface area contributed by atoms with E-state index in [-0.39, 0.29) is 26.1 Å². The van der Waals surface area contributed by atoms with Crippen LogP contribution in [0.15, 0.2) is 12.7 Å². The molecule has 3 N–H and O–H groups in total. The molecule has 0 radical (unpaired) electrons. The number of carboxylic acids is 1. The van der Waals surface area contributed by atoms with Crippen molar-refractivity contribution in [2.45, 2.75) is 13.3 Å². The topological polar surface area (TPSA) is 98.7 Å². The Morgan fingerprint density at radius 1 is 1.39 bits per heavy atom. The molecule has 0 bridgehead atoms. The highest BCUT2D eigenvalue weighted by Gasteiger charge is 2.12. The number of hydrogen-bond donors (Lipinski definition) is 3. The zero-order valence-electron chi connectivity index (χ0n) is 10.4. The molecule has 7 heteroatoms. The van der Waals surface area contributed by atoms with Gasteiger partial charge in [0.15, 0.2) is 0 Å². The molecule has 0 aromatic heterocycles. The van der Waals surface area contributed by atoms with Crippen molar-refractivity contribution in [2.75, 3.05) is 26.2 Å². The molecule has 0 unspecified atom stereocenters. The number of carbonyl (C=O) groups is 3. The lowest BCUT2D eigenvalue weighted by molar-refractivity contribution is -0.137. The summed E-state index contributed by atoms with van der Waals surface area (Å²) in [6.07, 6.45) is 1.46. The van der Waals surface area contributed by atoms with Crippen molar-refractivity contribution in [1.29, 1.82) is 0 Å². The van der Waals surface area contributed by atoms with Gasteiger partial charge in [0.1, 0.15) is 0 Å². The van der Waals surface area contributed by atoms with Crippen molar-refractivity contribution < 1.29 is 19.5 Å². The molecule has 0 aliphatic carbocycles. The maximum absolute atomic E-state index is 11.4. The second-order valence-corrected chi connectivity index (χ2v) is 3.56. The molecule has 0 aromatic rings. The summed E-state index contributed by atoms with van der Waals surface area (Å²) in [5.41, 5.74) is 0. The predicted molar refractivity (Wildman–Crippen MR) is 66.1 cm³/mol. The number of hydrogen-bond acceptors (Lipinski definition) is 4. The van der Waals surface area contributed by atoms with Gasteiger partial charge >= 0.3 is 12.0 Å². The van der Waals surface area contributed by atoms with Crippen molar-refractivity contribution in [3.63, 3.8) is 0 Å². The van der Waals surface area contributed by atoms with Crippen LogP contribution in [0.3, 0.4) is 0 Å². The van der Waals surface area contributed by atoms with Crippen LogP contribution in [-0.4, -0.2) is 54.1 Å². The van der Waals surface area contributed by atoms with E-state index in [9.17, 15) is 14.4 Å². The lowest BCUT2D eigenvalue weighted by Gasteiger charge is -2.18. The average Bonchev–Trinajstić information content (AvgIpc) is 2.31. The van der Waals surface area contributed by atoms with Gasteiger partial charge in [0.25, 0.3) is 0 Å². The summed E-state index contributed by atoms with van der Waals surface area (Å²) in [6, 6.07) is -0.589. The minimum Gasteiger partial charge on any atom is -0.481 e. The second kappa shape index (κ2) is 9.17. The molecule has 102 valence electrons. The molecular formula is C11H19N3O4. The van der Waals surface area contributed by atoms with E-state index in [0.29, 0.717) is 6.54 Å². The predicted octanol–water partition coefficient (Wildman–Crippen LogP) is -0.205. The molecule has 0 heterocycles. The highest BCUT2D eigenvalue weighted by molar-refractivity contribution is 5.95. The van der Waals surface area contributed by atoms with Crippen LogP contribution in [0.1, 0.15) is 13.3 Å².